The zero-order valence-corrected chi connectivity index (χ0v) is 14.7. The quantitative estimate of drug-likeness (QED) is 0.695. The van der Waals surface area contributed by atoms with Crippen LogP contribution < -0.4 is 5.32 Å². The highest BCUT2D eigenvalue weighted by molar-refractivity contribution is 7.79. The normalized spacial score (nSPS) is 10.5. The molecule has 2 rings (SSSR count). The number of rotatable bonds is 6. The van der Waals surface area contributed by atoms with Gasteiger partial charge in [-0.15, -0.1) is 0 Å². The first-order chi connectivity index (χ1) is 11.4. The Morgan fingerprint density at radius 1 is 1.08 bits per heavy atom. The molecule has 4 nitrogen and oxygen atoms in total. The van der Waals surface area contributed by atoms with Crippen molar-refractivity contribution >= 4 is 30.2 Å². The van der Waals surface area contributed by atoms with Gasteiger partial charge in [0.15, 0.2) is 0 Å². The van der Waals surface area contributed by atoms with Gasteiger partial charge in [0.1, 0.15) is 0 Å². The molecule has 0 unspecified atom stereocenters. The largest absolute Gasteiger partial charge is 0.478 e. The minimum atomic E-state index is -0.983. The molecule has 0 aliphatic carbocycles. The standard InChI is InChI=1S/C19H21NO3S/c1-12-7-9-16(13(2)18(12)19(22)23)20-17(21)10-8-14-5-3-4-6-15(14)11-24/h3-7,9,24H,8,10-11H2,1-2H3,(H,20,21)(H,22,23). The molecule has 0 spiro atoms. The van der Waals surface area contributed by atoms with Crippen molar-refractivity contribution in [3.05, 3.63) is 64.2 Å². The molecule has 126 valence electrons. The fourth-order valence-electron chi connectivity index (χ4n) is 2.73. The van der Waals surface area contributed by atoms with E-state index >= 15 is 0 Å². The van der Waals surface area contributed by atoms with Crippen LogP contribution in [0.2, 0.25) is 0 Å². The molecule has 0 aromatic heterocycles. The van der Waals surface area contributed by atoms with Gasteiger partial charge in [-0.05, 0) is 48.6 Å². The van der Waals surface area contributed by atoms with E-state index in [0.717, 1.165) is 11.1 Å². The number of carbonyl (C=O) groups excluding carboxylic acids is 1. The maximum absolute atomic E-state index is 12.2. The predicted molar refractivity (Wildman–Crippen MR) is 99.0 cm³/mol. The lowest BCUT2D eigenvalue weighted by Crippen LogP contribution is -2.15. The Hall–Kier alpha value is -2.27. The zero-order valence-electron chi connectivity index (χ0n) is 13.8. The number of aromatic carboxylic acids is 1. The zero-order chi connectivity index (χ0) is 17.7. The first-order valence-corrected chi connectivity index (χ1v) is 8.38. The van der Waals surface area contributed by atoms with Crippen molar-refractivity contribution in [3.8, 4) is 0 Å². The molecular formula is C19H21NO3S. The van der Waals surface area contributed by atoms with Crippen molar-refractivity contribution in [2.75, 3.05) is 5.32 Å². The molecule has 24 heavy (non-hydrogen) atoms. The molecule has 0 fully saturated rings. The van der Waals surface area contributed by atoms with Crippen LogP contribution in [0.4, 0.5) is 5.69 Å². The van der Waals surface area contributed by atoms with Gasteiger partial charge < -0.3 is 10.4 Å². The minimum Gasteiger partial charge on any atom is -0.478 e. The summed E-state index contributed by atoms with van der Waals surface area (Å²) in [7, 11) is 0. The molecule has 0 saturated heterocycles. The third-order valence-electron chi connectivity index (χ3n) is 4.07. The number of thiol groups is 1. The number of anilines is 1. The Bertz CT molecular complexity index is 771. The number of carboxylic acid groups (broad SMARTS) is 1. The minimum absolute atomic E-state index is 0.132. The smallest absolute Gasteiger partial charge is 0.336 e. The molecule has 0 heterocycles. The first kappa shape index (κ1) is 18.1. The number of hydrogen-bond donors (Lipinski definition) is 3. The summed E-state index contributed by atoms with van der Waals surface area (Å²) in [5, 5.41) is 12.1. The number of amides is 1. The topological polar surface area (TPSA) is 66.4 Å². The van der Waals surface area contributed by atoms with E-state index < -0.39 is 5.97 Å². The number of carboxylic acids is 1. The Morgan fingerprint density at radius 2 is 1.75 bits per heavy atom. The van der Waals surface area contributed by atoms with Gasteiger partial charge in [0.2, 0.25) is 5.91 Å². The van der Waals surface area contributed by atoms with E-state index in [1.807, 2.05) is 24.3 Å². The summed E-state index contributed by atoms with van der Waals surface area (Å²) in [5.74, 6) is -0.479. The van der Waals surface area contributed by atoms with Crippen LogP contribution in [0.1, 0.15) is 39.0 Å². The number of carbonyl (C=O) groups is 2. The van der Waals surface area contributed by atoms with Gasteiger partial charge in [-0.3, -0.25) is 4.79 Å². The van der Waals surface area contributed by atoms with Crippen LogP contribution in [0.25, 0.3) is 0 Å². The van der Waals surface area contributed by atoms with Crippen LogP contribution in [0, 0.1) is 13.8 Å². The lowest BCUT2D eigenvalue weighted by Gasteiger charge is -2.13. The second-order valence-electron chi connectivity index (χ2n) is 5.71. The Morgan fingerprint density at radius 3 is 2.38 bits per heavy atom. The summed E-state index contributed by atoms with van der Waals surface area (Å²) < 4.78 is 0. The van der Waals surface area contributed by atoms with Crippen molar-refractivity contribution in [2.24, 2.45) is 0 Å². The van der Waals surface area contributed by atoms with E-state index in [1.54, 1.807) is 26.0 Å². The fourth-order valence-corrected chi connectivity index (χ4v) is 3.04. The lowest BCUT2D eigenvalue weighted by atomic mass is 10.0. The second kappa shape index (κ2) is 8.02. The van der Waals surface area contributed by atoms with Crippen LogP contribution in [0.5, 0.6) is 0 Å². The summed E-state index contributed by atoms with van der Waals surface area (Å²) in [6, 6.07) is 11.4. The molecule has 0 radical (unpaired) electrons. The van der Waals surface area contributed by atoms with Crippen molar-refractivity contribution in [3.63, 3.8) is 0 Å². The van der Waals surface area contributed by atoms with Gasteiger partial charge in [-0.2, -0.15) is 12.6 Å². The monoisotopic (exact) mass is 343 g/mol. The predicted octanol–water partition coefficient (Wildman–Crippen LogP) is 4.00. The van der Waals surface area contributed by atoms with Gasteiger partial charge in [-0.25, -0.2) is 4.79 Å². The lowest BCUT2D eigenvalue weighted by molar-refractivity contribution is -0.116. The Balaban J connectivity index is 2.08. The van der Waals surface area contributed by atoms with Crippen molar-refractivity contribution in [1.29, 1.82) is 0 Å². The molecule has 0 aliphatic rings. The molecular weight excluding hydrogens is 322 g/mol. The highest BCUT2D eigenvalue weighted by atomic mass is 32.1. The summed E-state index contributed by atoms with van der Waals surface area (Å²) in [5.41, 5.74) is 4.27. The Kier molecular flexibility index (Phi) is 6.04. The number of nitrogens with one attached hydrogen (secondary N) is 1. The second-order valence-corrected chi connectivity index (χ2v) is 6.03. The van der Waals surface area contributed by atoms with Crippen molar-refractivity contribution in [2.45, 2.75) is 32.4 Å². The third-order valence-corrected chi connectivity index (χ3v) is 4.41. The van der Waals surface area contributed by atoms with Crippen molar-refractivity contribution < 1.29 is 14.7 Å². The van der Waals surface area contributed by atoms with E-state index in [9.17, 15) is 14.7 Å². The van der Waals surface area contributed by atoms with Crippen LogP contribution in [-0.2, 0) is 17.0 Å². The molecule has 0 bridgehead atoms. The maximum atomic E-state index is 12.2. The summed E-state index contributed by atoms with van der Waals surface area (Å²) in [6.07, 6.45) is 0.958. The van der Waals surface area contributed by atoms with E-state index in [-0.39, 0.29) is 11.5 Å². The van der Waals surface area contributed by atoms with E-state index in [2.05, 4.69) is 17.9 Å². The maximum Gasteiger partial charge on any atom is 0.336 e. The average Bonchev–Trinajstić information content (AvgIpc) is 2.55. The van der Waals surface area contributed by atoms with Gasteiger partial charge in [0.05, 0.1) is 5.56 Å². The van der Waals surface area contributed by atoms with Gasteiger partial charge in [0, 0.05) is 17.9 Å². The van der Waals surface area contributed by atoms with Gasteiger partial charge in [0.25, 0.3) is 0 Å². The first-order valence-electron chi connectivity index (χ1n) is 7.75. The molecule has 1 amide bonds. The van der Waals surface area contributed by atoms with E-state index in [4.69, 9.17) is 0 Å². The fraction of sp³-hybridized carbons (Fsp3) is 0.263. The highest BCUT2D eigenvalue weighted by Gasteiger charge is 2.15. The Labute approximate surface area is 147 Å². The molecule has 5 heteroatoms. The van der Waals surface area contributed by atoms with Crippen LogP contribution in [-0.4, -0.2) is 17.0 Å². The van der Waals surface area contributed by atoms with Crippen LogP contribution in [0.3, 0.4) is 0 Å². The molecule has 0 atom stereocenters. The summed E-state index contributed by atoms with van der Waals surface area (Å²) in [6.45, 7) is 3.46. The van der Waals surface area contributed by atoms with Gasteiger partial charge in [-0.1, -0.05) is 30.3 Å². The van der Waals surface area contributed by atoms with Crippen molar-refractivity contribution in [1.82, 2.24) is 0 Å². The molecule has 0 aliphatic heterocycles. The van der Waals surface area contributed by atoms with E-state index in [1.165, 1.54) is 0 Å². The molecule has 2 aromatic carbocycles. The number of benzene rings is 2. The molecule has 2 aromatic rings. The molecule has 0 saturated carbocycles. The number of hydrogen-bond acceptors (Lipinski definition) is 3. The summed E-state index contributed by atoms with van der Waals surface area (Å²) >= 11 is 4.30. The number of aryl methyl sites for hydroxylation is 2. The van der Waals surface area contributed by atoms with E-state index in [0.29, 0.717) is 35.4 Å². The molecule has 2 N–H and O–H groups in total. The SMILES string of the molecule is Cc1ccc(NC(=O)CCc2ccccc2CS)c(C)c1C(=O)O. The third kappa shape index (κ3) is 4.17. The average molecular weight is 343 g/mol. The summed E-state index contributed by atoms with van der Waals surface area (Å²) in [4.78, 5) is 23.6. The van der Waals surface area contributed by atoms with Crippen LogP contribution >= 0.6 is 12.6 Å². The van der Waals surface area contributed by atoms with Gasteiger partial charge >= 0.3 is 5.97 Å². The van der Waals surface area contributed by atoms with Crippen LogP contribution in [0.15, 0.2) is 36.4 Å². The highest BCUT2D eigenvalue weighted by Crippen LogP contribution is 2.23.